The SMILES string of the molecule is CNC(Cc1ccc(Br)cc1F)c1ccc(OC)c(C)c1. The third kappa shape index (κ3) is 3.83. The van der Waals surface area contributed by atoms with Crippen molar-refractivity contribution in [3.05, 3.63) is 63.4 Å². The van der Waals surface area contributed by atoms with Crippen LogP contribution in [0.5, 0.6) is 5.75 Å². The average molecular weight is 352 g/mol. The molecule has 1 N–H and O–H groups in total. The Labute approximate surface area is 133 Å². The quantitative estimate of drug-likeness (QED) is 0.861. The summed E-state index contributed by atoms with van der Waals surface area (Å²) in [5.74, 6) is 0.679. The summed E-state index contributed by atoms with van der Waals surface area (Å²) in [5.41, 5.74) is 2.90. The molecule has 0 spiro atoms. The van der Waals surface area contributed by atoms with Crippen molar-refractivity contribution in [3.63, 3.8) is 0 Å². The van der Waals surface area contributed by atoms with E-state index in [0.717, 1.165) is 21.3 Å². The van der Waals surface area contributed by atoms with Crippen LogP contribution in [-0.2, 0) is 6.42 Å². The lowest BCUT2D eigenvalue weighted by Crippen LogP contribution is -2.19. The number of aryl methyl sites for hydroxylation is 1. The van der Waals surface area contributed by atoms with Gasteiger partial charge in [-0.1, -0.05) is 34.1 Å². The van der Waals surface area contributed by atoms with Gasteiger partial charge in [0.15, 0.2) is 0 Å². The molecule has 1 unspecified atom stereocenters. The lowest BCUT2D eigenvalue weighted by Gasteiger charge is -2.18. The zero-order valence-electron chi connectivity index (χ0n) is 12.4. The van der Waals surface area contributed by atoms with Crippen LogP contribution in [0, 0.1) is 12.7 Å². The second kappa shape index (κ2) is 7.05. The minimum atomic E-state index is -0.185. The molecule has 21 heavy (non-hydrogen) atoms. The molecule has 2 aromatic carbocycles. The largest absolute Gasteiger partial charge is 0.496 e. The lowest BCUT2D eigenvalue weighted by atomic mass is 9.97. The van der Waals surface area contributed by atoms with Gasteiger partial charge in [-0.05, 0) is 55.3 Å². The highest BCUT2D eigenvalue weighted by molar-refractivity contribution is 9.10. The van der Waals surface area contributed by atoms with Crippen LogP contribution in [0.2, 0.25) is 0 Å². The van der Waals surface area contributed by atoms with E-state index in [0.29, 0.717) is 12.0 Å². The van der Waals surface area contributed by atoms with Crippen molar-refractivity contribution in [2.45, 2.75) is 19.4 Å². The minimum Gasteiger partial charge on any atom is -0.496 e. The molecule has 4 heteroatoms. The number of nitrogens with one attached hydrogen (secondary N) is 1. The fourth-order valence-electron chi connectivity index (χ4n) is 2.41. The molecule has 0 saturated heterocycles. The number of hydrogen-bond acceptors (Lipinski definition) is 2. The summed E-state index contributed by atoms with van der Waals surface area (Å²) >= 11 is 3.28. The predicted molar refractivity (Wildman–Crippen MR) is 87.3 cm³/mol. The summed E-state index contributed by atoms with van der Waals surface area (Å²) in [6, 6.07) is 11.3. The summed E-state index contributed by atoms with van der Waals surface area (Å²) in [5, 5.41) is 3.25. The first-order valence-electron chi connectivity index (χ1n) is 6.81. The predicted octanol–water partition coefficient (Wildman–Crippen LogP) is 4.41. The van der Waals surface area contributed by atoms with Gasteiger partial charge in [-0.25, -0.2) is 4.39 Å². The first-order valence-corrected chi connectivity index (χ1v) is 7.60. The molecular formula is C17H19BrFNO. The smallest absolute Gasteiger partial charge is 0.127 e. The maximum Gasteiger partial charge on any atom is 0.127 e. The fraction of sp³-hybridized carbons (Fsp3) is 0.294. The van der Waals surface area contributed by atoms with Crippen LogP contribution < -0.4 is 10.1 Å². The van der Waals surface area contributed by atoms with E-state index in [-0.39, 0.29) is 11.9 Å². The molecule has 0 aromatic heterocycles. The van der Waals surface area contributed by atoms with E-state index in [1.54, 1.807) is 7.11 Å². The summed E-state index contributed by atoms with van der Waals surface area (Å²) in [6.07, 6.45) is 0.599. The van der Waals surface area contributed by atoms with Crippen molar-refractivity contribution in [2.24, 2.45) is 0 Å². The van der Waals surface area contributed by atoms with E-state index in [1.165, 1.54) is 6.07 Å². The van der Waals surface area contributed by atoms with E-state index in [9.17, 15) is 4.39 Å². The Morgan fingerprint density at radius 3 is 2.57 bits per heavy atom. The first kappa shape index (κ1) is 16.0. The van der Waals surface area contributed by atoms with Crippen LogP contribution >= 0.6 is 15.9 Å². The van der Waals surface area contributed by atoms with Gasteiger partial charge in [0, 0.05) is 10.5 Å². The molecule has 112 valence electrons. The highest BCUT2D eigenvalue weighted by Gasteiger charge is 2.14. The van der Waals surface area contributed by atoms with E-state index in [4.69, 9.17) is 4.74 Å². The van der Waals surface area contributed by atoms with Gasteiger partial charge in [0.2, 0.25) is 0 Å². The molecule has 1 atom stereocenters. The van der Waals surface area contributed by atoms with Crippen LogP contribution in [0.4, 0.5) is 4.39 Å². The van der Waals surface area contributed by atoms with Crippen LogP contribution in [0.25, 0.3) is 0 Å². The molecule has 0 amide bonds. The van der Waals surface area contributed by atoms with Crippen molar-refractivity contribution in [1.29, 1.82) is 0 Å². The zero-order chi connectivity index (χ0) is 15.4. The Balaban J connectivity index is 2.25. The number of likely N-dealkylation sites (N-methyl/N-ethyl adjacent to an activating group) is 1. The highest BCUT2D eigenvalue weighted by Crippen LogP contribution is 2.26. The normalized spacial score (nSPS) is 12.2. The topological polar surface area (TPSA) is 21.3 Å². The maximum absolute atomic E-state index is 14.0. The van der Waals surface area contributed by atoms with E-state index in [1.807, 2.05) is 38.2 Å². The molecule has 0 aliphatic rings. The highest BCUT2D eigenvalue weighted by atomic mass is 79.9. The number of hydrogen-bond donors (Lipinski definition) is 1. The number of rotatable bonds is 5. The third-order valence-corrected chi connectivity index (χ3v) is 4.10. The Morgan fingerprint density at radius 2 is 2.00 bits per heavy atom. The van der Waals surface area contributed by atoms with Crippen molar-refractivity contribution in [1.82, 2.24) is 5.32 Å². The molecular weight excluding hydrogens is 333 g/mol. The monoisotopic (exact) mass is 351 g/mol. The van der Waals surface area contributed by atoms with Gasteiger partial charge in [-0.3, -0.25) is 0 Å². The Kier molecular flexibility index (Phi) is 5.37. The van der Waals surface area contributed by atoms with Gasteiger partial charge < -0.3 is 10.1 Å². The molecule has 2 aromatic rings. The van der Waals surface area contributed by atoms with Crippen molar-refractivity contribution in [3.8, 4) is 5.75 Å². The van der Waals surface area contributed by atoms with Gasteiger partial charge in [0.25, 0.3) is 0 Å². The zero-order valence-corrected chi connectivity index (χ0v) is 14.0. The van der Waals surface area contributed by atoms with Crippen LogP contribution in [-0.4, -0.2) is 14.2 Å². The molecule has 0 heterocycles. The Morgan fingerprint density at radius 1 is 1.24 bits per heavy atom. The summed E-state index contributed by atoms with van der Waals surface area (Å²) in [4.78, 5) is 0. The van der Waals surface area contributed by atoms with Crippen LogP contribution in [0.1, 0.15) is 22.7 Å². The number of ether oxygens (including phenoxy) is 1. The Bertz CT molecular complexity index is 630. The molecule has 0 aliphatic heterocycles. The van der Waals surface area contributed by atoms with Gasteiger partial charge in [0.05, 0.1) is 7.11 Å². The molecule has 0 fully saturated rings. The summed E-state index contributed by atoms with van der Waals surface area (Å²) in [7, 11) is 3.55. The maximum atomic E-state index is 14.0. The van der Waals surface area contributed by atoms with Crippen LogP contribution in [0.15, 0.2) is 40.9 Å². The first-order chi connectivity index (χ1) is 10.0. The van der Waals surface area contributed by atoms with Gasteiger partial charge >= 0.3 is 0 Å². The minimum absolute atomic E-state index is 0.0604. The second-order valence-corrected chi connectivity index (χ2v) is 5.93. The lowest BCUT2D eigenvalue weighted by molar-refractivity contribution is 0.411. The van der Waals surface area contributed by atoms with Crippen LogP contribution in [0.3, 0.4) is 0 Å². The number of benzene rings is 2. The number of methoxy groups -OCH3 is 1. The fourth-order valence-corrected chi connectivity index (χ4v) is 2.75. The molecule has 0 radical (unpaired) electrons. The number of halogens is 2. The molecule has 0 bridgehead atoms. The molecule has 2 nitrogen and oxygen atoms in total. The van der Waals surface area contributed by atoms with E-state index >= 15 is 0 Å². The second-order valence-electron chi connectivity index (χ2n) is 5.01. The van der Waals surface area contributed by atoms with Gasteiger partial charge in [-0.2, -0.15) is 0 Å². The van der Waals surface area contributed by atoms with Crippen molar-refractivity contribution >= 4 is 15.9 Å². The Hall–Kier alpha value is -1.39. The van der Waals surface area contributed by atoms with E-state index in [2.05, 4.69) is 27.3 Å². The van der Waals surface area contributed by atoms with E-state index < -0.39 is 0 Å². The summed E-state index contributed by atoms with van der Waals surface area (Å²) in [6.45, 7) is 2.01. The van der Waals surface area contributed by atoms with Crippen molar-refractivity contribution < 1.29 is 9.13 Å². The third-order valence-electron chi connectivity index (χ3n) is 3.61. The molecule has 0 aliphatic carbocycles. The molecule has 2 rings (SSSR count). The average Bonchev–Trinajstić information content (AvgIpc) is 2.46. The van der Waals surface area contributed by atoms with Gasteiger partial charge in [-0.15, -0.1) is 0 Å². The standard InChI is InChI=1S/C17H19BrFNO/c1-11-8-13(5-7-17(11)21-3)16(20-2)9-12-4-6-14(18)10-15(12)19/h4-8,10,16,20H,9H2,1-3H3. The summed E-state index contributed by atoms with van der Waals surface area (Å²) < 4.78 is 20.0. The van der Waals surface area contributed by atoms with Gasteiger partial charge in [0.1, 0.15) is 11.6 Å². The molecule has 0 saturated carbocycles. The van der Waals surface area contributed by atoms with Crippen molar-refractivity contribution in [2.75, 3.05) is 14.2 Å².